The lowest BCUT2D eigenvalue weighted by molar-refractivity contribution is 0.474. The average Bonchev–Trinajstić information content (AvgIpc) is 2.09. The molecular formula is C8H11O3S-. The van der Waals surface area contributed by atoms with E-state index < -0.39 is 11.1 Å². The number of hydrogen-bond donors (Lipinski definition) is 1. The first-order valence-electron chi connectivity index (χ1n) is 3.58. The predicted octanol–water partition coefficient (Wildman–Crippen LogP) is 1.66. The molecule has 1 N–H and O–H groups in total. The monoisotopic (exact) mass is 187 g/mol. The lowest BCUT2D eigenvalue weighted by Crippen LogP contribution is -1.86. The largest absolute Gasteiger partial charge is 0.768 e. The molecule has 1 aromatic rings. The molecule has 0 heterocycles. The molecule has 1 rings (SSSR count). The van der Waals surface area contributed by atoms with Crippen LogP contribution in [0.3, 0.4) is 0 Å². The normalized spacial score (nSPS) is 11.2. The van der Waals surface area contributed by atoms with Gasteiger partial charge in [-0.25, -0.2) is 0 Å². The van der Waals surface area contributed by atoms with Crippen LogP contribution in [-0.4, -0.2) is 13.9 Å². The van der Waals surface area contributed by atoms with Gasteiger partial charge in [-0.05, 0) is 35.3 Å². The van der Waals surface area contributed by atoms with E-state index in [9.17, 15) is 8.76 Å². The number of rotatable bonds is 1. The Bertz CT molecular complexity index is 243. The summed E-state index contributed by atoms with van der Waals surface area (Å²) in [5.74, 6) is 0.0641. The van der Waals surface area contributed by atoms with E-state index >= 15 is 0 Å². The SMILES string of the molecule is CC.O=S([O-])c1ccc(O)cc1. The van der Waals surface area contributed by atoms with Crippen LogP contribution in [0.15, 0.2) is 29.2 Å². The first kappa shape index (κ1) is 11.1. The topological polar surface area (TPSA) is 60.4 Å². The third kappa shape index (κ3) is 3.50. The molecule has 3 nitrogen and oxygen atoms in total. The lowest BCUT2D eigenvalue weighted by atomic mass is 10.3. The Morgan fingerprint density at radius 1 is 1.25 bits per heavy atom. The van der Waals surface area contributed by atoms with Gasteiger partial charge in [0.15, 0.2) is 0 Å². The summed E-state index contributed by atoms with van der Waals surface area (Å²) < 4.78 is 20.5. The van der Waals surface area contributed by atoms with Gasteiger partial charge in [-0.15, -0.1) is 0 Å². The lowest BCUT2D eigenvalue weighted by Gasteiger charge is -2.02. The summed E-state index contributed by atoms with van der Waals surface area (Å²) in [6, 6.07) is 5.31. The second-order valence-electron chi connectivity index (χ2n) is 1.73. The summed E-state index contributed by atoms with van der Waals surface area (Å²) in [7, 11) is 0. The zero-order valence-corrected chi connectivity index (χ0v) is 7.80. The van der Waals surface area contributed by atoms with Crippen LogP contribution in [-0.2, 0) is 11.1 Å². The number of benzene rings is 1. The fourth-order valence-electron chi connectivity index (χ4n) is 0.557. The van der Waals surface area contributed by atoms with Crippen molar-refractivity contribution in [1.29, 1.82) is 0 Å². The second-order valence-corrected chi connectivity index (χ2v) is 2.67. The molecule has 1 unspecified atom stereocenters. The number of phenolic OH excluding ortho intramolecular Hbond substituents is 1. The fraction of sp³-hybridized carbons (Fsp3) is 0.250. The van der Waals surface area contributed by atoms with Gasteiger partial charge < -0.3 is 9.66 Å². The Morgan fingerprint density at radius 2 is 1.67 bits per heavy atom. The Hall–Kier alpha value is -0.870. The van der Waals surface area contributed by atoms with E-state index in [1.54, 1.807) is 0 Å². The molecule has 0 aliphatic heterocycles. The van der Waals surface area contributed by atoms with Crippen LogP contribution in [0.5, 0.6) is 5.75 Å². The molecule has 0 saturated carbocycles. The summed E-state index contributed by atoms with van der Waals surface area (Å²) in [6.07, 6.45) is 0. The molecule has 0 aromatic heterocycles. The van der Waals surface area contributed by atoms with Crippen molar-refractivity contribution in [2.75, 3.05) is 0 Å². The molecule has 1 atom stereocenters. The van der Waals surface area contributed by atoms with Crippen molar-refractivity contribution in [2.24, 2.45) is 0 Å². The molecule has 0 aliphatic rings. The summed E-state index contributed by atoms with van der Waals surface area (Å²) in [6.45, 7) is 4.00. The van der Waals surface area contributed by atoms with Gasteiger partial charge in [-0.3, -0.25) is 4.21 Å². The Morgan fingerprint density at radius 3 is 2.00 bits per heavy atom. The van der Waals surface area contributed by atoms with Gasteiger partial charge in [0.05, 0.1) is 0 Å². The van der Waals surface area contributed by atoms with Crippen LogP contribution in [0.2, 0.25) is 0 Å². The molecule has 12 heavy (non-hydrogen) atoms. The van der Waals surface area contributed by atoms with E-state index in [4.69, 9.17) is 5.11 Å². The minimum Gasteiger partial charge on any atom is -0.768 e. The highest BCUT2D eigenvalue weighted by atomic mass is 32.2. The molecule has 0 aliphatic carbocycles. The van der Waals surface area contributed by atoms with Crippen molar-refractivity contribution in [3.63, 3.8) is 0 Å². The third-order valence-electron chi connectivity index (χ3n) is 1.03. The van der Waals surface area contributed by atoms with Gasteiger partial charge in [0.2, 0.25) is 0 Å². The van der Waals surface area contributed by atoms with Crippen LogP contribution < -0.4 is 0 Å². The molecule has 0 radical (unpaired) electrons. The molecule has 0 spiro atoms. The summed E-state index contributed by atoms with van der Waals surface area (Å²) in [4.78, 5) is 0.179. The second kappa shape index (κ2) is 5.74. The Labute approximate surface area is 74.3 Å². The van der Waals surface area contributed by atoms with E-state index in [1.165, 1.54) is 24.3 Å². The molecule has 4 heteroatoms. The van der Waals surface area contributed by atoms with Crippen molar-refractivity contribution < 1.29 is 13.9 Å². The highest BCUT2D eigenvalue weighted by molar-refractivity contribution is 7.79. The number of aromatic hydroxyl groups is 1. The minimum absolute atomic E-state index is 0.0641. The standard InChI is InChI=1S/C6H6O3S.C2H6/c7-5-1-3-6(4-2-5)10(8)9;1-2/h1-4,7H,(H,8,9);1-2H3/p-1. The van der Waals surface area contributed by atoms with E-state index in [0.29, 0.717) is 0 Å². The quantitative estimate of drug-likeness (QED) is 0.680. The van der Waals surface area contributed by atoms with Gasteiger partial charge >= 0.3 is 0 Å². The molecule has 0 saturated heterocycles. The van der Waals surface area contributed by atoms with Crippen LogP contribution in [0.4, 0.5) is 0 Å². The molecule has 0 bridgehead atoms. The fourth-order valence-corrected chi connectivity index (χ4v) is 0.916. The number of phenols is 1. The molecule has 0 fully saturated rings. The third-order valence-corrected chi connectivity index (χ3v) is 1.69. The van der Waals surface area contributed by atoms with E-state index in [-0.39, 0.29) is 10.6 Å². The van der Waals surface area contributed by atoms with E-state index in [1.807, 2.05) is 13.8 Å². The minimum atomic E-state index is -2.20. The first-order chi connectivity index (χ1) is 5.70. The molecule has 1 aromatic carbocycles. The van der Waals surface area contributed by atoms with E-state index in [0.717, 1.165) is 0 Å². The molecular weight excluding hydrogens is 176 g/mol. The van der Waals surface area contributed by atoms with Crippen molar-refractivity contribution >= 4 is 11.1 Å². The van der Waals surface area contributed by atoms with Crippen LogP contribution in [0, 0.1) is 0 Å². The smallest absolute Gasteiger partial charge is 0.115 e. The van der Waals surface area contributed by atoms with E-state index in [2.05, 4.69) is 0 Å². The van der Waals surface area contributed by atoms with Crippen LogP contribution in [0.1, 0.15) is 13.8 Å². The maximum absolute atomic E-state index is 10.2. The van der Waals surface area contributed by atoms with Gasteiger partial charge in [0.1, 0.15) is 5.75 Å². The molecule has 0 amide bonds. The van der Waals surface area contributed by atoms with Crippen LogP contribution in [0.25, 0.3) is 0 Å². The Balaban J connectivity index is 0.000000561. The summed E-state index contributed by atoms with van der Waals surface area (Å²) in [5, 5.41) is 8.74. The van der Waals surface area contributed by atoms with Gasteiger partial charge in [-0.1, -0.05) is 13.8 Å². The van der Waals surface area contributed by atoms with Crippen molar-refractivity contribution in [1.82, 2.24) is 0 Å². The first-order valence-corrected chi connectivity index (χ1v) is 4.66. The predicted molar refractivity (Wildman–Crippen MR) is 46.6 cm³/mol. The van der Waals surface area contributed by atoms with Gasteiger partial charge in [-0.2, -0.15) is 0 Å². The van der Waals surface area contributed by atoms with Crippen molar-refractivity contribution in [2.45, 2.75) is 18.7 Å². The van der Waals surface area contributed by atoms with Crippen molar-refractivity contribution in [3.05, 3.63) is 24.3 Å². The average molecular weight is 187 g/mol. The zero-order chi connectivity index (χ0) is 9.56. The highest BCUT2D eigenvalue weighted by Gasteiger charge is 1.90. The van der Waals surface area contributed by atoms with Crippen molar-refractivity contribution in [3.8, 4) is 5.75 Å². The summed E-state index contributed by atoms with van der Waals surface area (Å²) in [5.41, 5.74) is 0. The zero-order valence-electron chi connectivity index (χ0n) is 6.98. The van der Waals surface area contributed by atoms with Crippen LogP contribution >= 0.6 is 0 Å². The highest BCUT2D eigenvalue weighted by Crippen LogP contribution is 2.11. The Kier molecular flexibility index (Phi) is 5.32. The van der Waals surface area contributed by atoms with Gasteiger partial charge in [0, 0.05) is 4.90 Å². The molecule has 68 valence electrons. The number of hydrogen-bond acceptors (Lipinski definition) is 3. The van der Waals surface area contributed by atoms with Gasteiger partial charge in [0.25, 0.3) is 0 Å². The summed E-state index contributed by atoms with van der Waals surface area (Å²) >= 11 is -2.20. The maximum atomic E-state index is 10.2. The maximum Gasteiger partial charge on any atom is 0.115 e.